The summed E-state index contributed by atoms with van der Waals surface area (Å²) in [6, 6.07) is 1.42. The van der Waals surface area contributed by atoms with E-state index in [-0.39, 0.29) is 12.0 Å². The van der Waals surface area contributed by atoms with Gasteiger partial charge in [0.15, 0.2) is 0 Å². The summed E-state index contributed by atoms with van der Waals surface area (Å²) in [4.78, 5) is 3.72. The molecule has 0 N–H and O–H groups in total. The van der Waals surface area contributed by atoms with Crippen molar-refractivity contribution in [1.82, 2.24) is 4.31 Å². The van der Waals surface area contributed by atoms with Gasteiger partial charge in [0.2, 0.25) is 15.9 Å². The number of aliphatic imine (C=N–C) groups is 1. The number of hydrogen-bond acceptors (Lipinski definition) is 4. The van der Waals surface area contributed by atoms with Crippen LogP contribution in [-0.2, 0) is 20.9 Å². The van der Waals surface area contributed by atoms with Crippen molar-refractivity contribution in [1.29, 1.82) is 0 Å². The first kappa shape index (κ1) is 19.0. The molecule has 0 radical (unpaired) electrons. The molecule has 0 saturated heterocycles. The lowest BCUT2D eigenvalue weighted by molar-refractivity contribution is -0.137. The van der Waals surface area contributed by atoms with Crippen molar-refractivity contribution >= 4 is 27.5 Å². The summed E-state index contributed by atoms with van der Waals surface area (Å²) in [5.41, 5.74) is -1.01. The maximum Gasteiger partial charge on any atom is 0.416 e. The van der Waals surface area contributed by atoms with E-state index in [2.05, 4.69) is 4.99 Å². The topological polar surface area (TPSA) is 59.0 Å². The van der Waals surface area contributed by atoms with Crippen LogP contribution in [0, 0.1) is 0 Å². The van der Waals surface area contributed by atoms with Crippen LogP contribution in [0.25, 0.3) is 0 Å². The van der Waals surface area contributed by atoms with Gasteiger partial charge in [-0.2, -0.15) is 17.5 Å². The number of halogens is 4. The normalized spacial score (nSPS) is 20.0. The van der Waals surface area contributed by atoms with Crippen LogP contribution >= 0.6 is 11.6 Å². The first-order chi connectivity index (χ1) is 10.9. The summed E-state index contributed by atoms with van der Waals surface area (Å²) in [6.45, 7) is 3.80. The molecule has 0 bridgehead atoms. The lowest BCUT2D eigenvalue weighted by Crippen LogP contribution is -2.41. The number of ether oxygens (including phenoxy) is 1. The second kappa shape index (κ2) is 6.53. The van der Waals surface area contributed by atoms with Crippen LogP contribution in [-0.4, -0.2) is 44.4 Å². The molecular weight excluding hydrogens is 369 g/mol. The first-order valence-electron chi connectivity index (χ1n) is 7.00. The summed E-state index contributed by atoms with van der Waals surface area (Å²) in [7, 11) is -2.82. The van der Waals surface area contributed by atoms with Crippen LogP contribution in [0.4, 0.5) is 13.2 Å². The Morgan fingerprint density at radius 3 is 2.50 bits per heavy atom. The standard InChI is InChI=1S/C14H16ClF3N2O3S/c1-8-7-19-13(23-8)9(2)20(3)24(21,22)12-5-4-10(6-11(12)15)14(16,17)18/h4-6,8-9H,7H2,1-3H3/t8?,9-/m0/s1. The monoisotopic (exact) mass is 384 g/mol. The van der Waals surface area contributed by atoms with Crippen LogP contribution in [0.1, 0.15) is 19.4 Å². The molecule has 2 atom stereocenters. The van der Waals surface area contributed by atoms with Crippen molar-refractivity contribution in [3.63, 3.8) is 0 Å². The SMILES string of the molecule is CC1CN=C([C@H](C)N(C)S(=O)(=O)c2ccc(C(F)(F)F)cc2Cl)O1. The smallest absolute Gasteiger partial charge is 0.416 e. The molecule has 1 heterocycles. The molecule has 134 valence electrons. The van der Waals surface area contributed by atoms with Gasteiger partial charge in [0.05, 0.1) is 23.2 Å². The van der Waals surface area contributed by atoms with E-state index in [9.17, 15) is 21.6 Å². The fraction of sp³-hybridized carbons (Fsp3) is 0.500. The average molecular weight is 385 g/mol. The molecule has 0 fully saturated rings. The largest absolute Gasteiger partial charge is 0.475 e. The highest BCUT2D eigenvalue weighted by atomic mass is 35.5. The fourth-order valence-electron chi connectivity index (χ4n) is 2.13. The van der Waals surface area contributed by atoms with E-state index in [0.29, 0.717) is 18.7 Å². The molecule has 0 aliphatic carbocycles. The molecule has 24 heavy (non-hydrogen) atoms. The number of nitrogens with zero attached hydrogens (tertiary/aromatic N) is 2. The Bertz CT molecular complexity index is 765. The van der Waals surface area contributed by atoms with Gasteiger partial charge in [-0.25, -0.2) is 8.42 Å². The van der Waals surface area contributed by atoms with Crippen molar-refractivity contribution in [3.05, 3.63) is 28.8 Å². The Hall–Kier alpha value is -1.32. The van der Waals surface area contributed by atoms with Gasteiger partial charge >= 0.3 is 6.18 Å². The van der Waals surface area contributed by atoms with Crippen molar-refractivity contribution in [3.8, 4) is 0 Å². The van der Waals surface area contributed by atoms with E-state index in [1.165, 1.54) is 7.05 Å². The highest BCUT2D eigenvalue weighted by molar-refractivity contribution is 7.89. The number of alkyl halides is 3. The minimum atomic E-state index is -4.60. The highest BCUT2D eigenvalue weighted by Gasteiger charge is 2.35. The molecule has 0 spiro atoms. The van der Waals surface area contributed by atoms with Gasteiger partial charge < -0.3 is 4.74 Å². The number of hydrogen-bond donors (Lipinski definition) is 0. The summed E-state index contributed by atoms with van der Waals surface area (Å²) in [6.07, 6.45) is -4.75. The van der Waals surface area contributed by atoms with E-state index >= 15 is 0 Å². The van der Waals surface area contributed by atoms with Gasteiger partial charge in [-0.05, 0) is 32.0 Å². The third kappa shape index (κ3) is 3.68. The summed E-state index contributed by atoms with van der Waals surface area (Å²) < 4.78 is 69.7. The molecule has 1 aromatic rings. The Kier molecular flexibility index (Phi) is 5.17. The molecule has 2 rings (SSSR count). The maximum atomic E-state index is 12.7. The van der Waals surface area contributed by atoms with Gasteiger partial charge in [0.25, 0.3) is 0 Å². The van der Waals surface area contributed by atoms with E-state index in [1.807, 2.05) is 0 Å². The van der Waals surface area contributed by atoms with Crippen molar-refractivity contribution < 1.29 is 26.3 Å². The molecule has 0 amide bonds. The molecule has 1 aromatic carbocycles. The highest BCUT2D eigenvalue weighted by Crippen LogP contribution is 2.34. The molecule has 1 unspecified atom stereocenters. The fourth-order valence-corrected chi connectivity index (χ4v) is 3.97. The van der Waals surface area contributed by atoms with Crippen LogP contribution in [0.2, 0.25) is 5.02 Å². The van der Waals surface area contributed by atoms with Crippen LogP contribution in [0.15, 0.2) is 28.1 Å². The second-order valence-electron chi connectivity index (χ2n) is 5.45. The lowest BCUT2D eigenvalue weighted by Gasteiger charge is -2.25. The number of likely N-dealkylation sites (N-methyl/N-ethyl adjacent to an activating group) is 1. The predicted octanol–water partition coefficient (Wildman–Crippen LogP) is 3.19. The Labute approximate surface area is 143 Å². The van der Waals surface area contributed by atoms with Gasteiger partial charge in [0.1, 0.15) is 11.0 Å². The van der Waals surface area contributed by atoms with Gasteiger partial charge in [-0.15, -0.1) is 0 Å². The van der Waals surface area contributed by atoms with Crippen LogP contribution in [0.3, 0.4) is 0 Å². The van der Waals surface area contributed by atoms with E-state index in [4.69, 9.17) is 16.3 Å². The van der Waals surface area contributed by atoms with Gasteiger partial charge in [0, 0.05) is 7.05 Å². The number of rotatable bonds is 4. The third-order valence-electron chi connectivity index (χ3n) is 3.65. The van der Waals surface area contributed by atoms with E-state index < -0.39 is 37.7 Å². The van der Waals surface area contributed by atoms with E-state index in [1.54, 1.807) is 13.8 Å². The third-order valence-corrected chi connectivity index (χ3v) is 6.06. The Balaban J connectivity index is 2.33. The number of sulfonamides is 1. The molecule has 5 nitrogen and oxygen atoms in total. The number of benzene rings is 1. The Morgan fingerprint density at radius 2 is 2.04 bits per heavy atom. The Morgan fingerprint density at radius 1 is 1.42 bits per heavy atom. The summed E-state index contributed by atoms with van der Waals surface area (Å²) >= 11 is 5.78. The van der Waals surface area contributed by atoms with E-state index in [0.717, 1.165) is 10.4 Å². The molecule has 10 heteroatoms. The van der Waals surface area contributed by atoms with Crippen molar-refractivity contribution in [2.45, 2.75) is 37.1 Å². The molecule has 0 saturated carbocycles. The van der Waals surface area contributed by atoms with Gasteiger partial charge in [-0.1, -0.05) is 11.6 Å². The quantitative estimate of drug-likeness (QED) is 0.801. The zero-order chi connectivity index (χ0) is 18.3. The zero-order valence-electron chi connectivity index (χ0n) is 13.1. The van der Waals surface area contributed by atoms with Crippen LogP contribution < -0.4 is 0 Å². The maximum absolute atomic E-state index is 12.7. The predicted molar refractivity (Wildman–Crippen MR) is 83.7 cm³/mol. The zero-order valence-corrected chi connectivity index (χ0v) is 14.7. The summed E-state index contributed by atoms with van der Waals surface area (Å²) in [5.74, 6) is 0.261. The van der Waals surface area contributed by atoms with Crippen molar-refractivity contribution in [2.75, 3.05) is 13.6 Å². The van der Waals surface area contributed by atoms with Crippen molar-refractivity contribution in [2.24, 2.45) is 4.99 Å². The van der Waals surface area contributed by atoms with Crippen LogP contribution in [0.5, 0.6) is 0 Å². The minimum Gasteiger partial charge on any atom is -0.475 e. The molecular formula is C14H16ClF3N2O3S. The van der Waals surface area contributed by atoms with Gasteiger partial charge in [-0.3, -0.25) is 4.99 Å². The average Bonchev–Trinajstić information content (AvgIpc) is 2.91. The molecule has 1 aliphatic heterocycles. The molecule has 1 aliphatic rings. The molecule has 0 aromatic heterocycles. The second-order valence-corrected chi connectivity index (χ2v) is 7.82. The lowest BCUT2D eigenvalue weighted by atomic mass is 10.2. The summed E-state index contributed by atoms with van der Waals surface area (Å²) in [5, 5.41) is -0.494. The first-order valence-corrected chi connectivity index (χ1v) is 8.82. The minimum absolute atomic E-state index is 0.145.